The zero-order chi connectivity index (χ0) is 9.35. The molecule has 1 heterocycles. The minimum Gasteiger partial charge on any atom is -0.281 e. The lowest BCUT2D eigenvalue weighted by atomic mass is 10.3. The molecule has 0 fully saturated rings. The molecule has 1 aromatic heterocycles. The van der Waals surface area contributed by atoms with E-state index in [-0.39, 0.29) is 16.3 Å². The molecular weight excluding hydrogens is 183 g/mol. The predicted octanol–water partition coefficient (Wildman–Crippen LogP) is 0.939. The molecule has 0 spiro atoms. The van der Waals surface area contributed by atoms with E-state index in [1.165, 1.54) is 6.92 Å². The number of halogens is 1. The minimum atomic E-state index is -4.63. The Morgan fingerprint density at radius 2 is 2.17 bits per heavy atom. The lowest BCUT2D eigenvalue weighted by molar-refractivity contribution is 0.550. The van der Waals surface area contributed by atoms with Crippen LogP contribution in [0.2, 0.25) is 0 Å². The van der Waals surface area contributed by atoms with E-state index in [2.05, 4.69) is 10.2 Å². The van der Waals surface area contributed by atoms with Crippen LogP contribution in [0, 0.1) is 6.92 Å². The van der Waals surface area contributed by atoms with Gasteiger partial charge in [0, 0.05) is 0 Å². The second-order valence-corrected chi connectivity index (χ2v) is 3.70. The first-order valence-corrected chi connectivity index (χ1v) is 4.83. The number of nitrogens with zero attached hydrogens (tertiary/aromatic N) is 1. The Labute approximate surface area is 70.0 Å². The summed E-state index contributed by atoms with van der Waals surface area (Å²) in [6.45, 7) is 3.18. The standard InChI is InChI=1S/C6H9FN2O2S/c1-3-5-6(12(7,10)11)4(2)8-9-5/h3H2,1-2H3,(H,8,9). The molecule has 0 saturated carbocycles. The third kappa shape index (κ3) is 1.47. The van der Waals surface area contributed by atoms with Gasteiger partial charge in [-0.3, -0.25) is 5.10 Å². The van der Waals surface area contributed by atoms with Crippen LogP contribution >= 0.6 is 0 Å². The Kier molecular flexibility index (Phi) is 2.18. The lowest BCUT2D eigenvalue weighted by Gasteiger charge is -1.93. The van der Waals surface area contributed by atoms with Crippen molar-refractivity contribution in [2.75, 3.05) is 0 Å². The van der Waals surface area contributed by atoms with Crippen LogP contribution in [0.4, 0.5) is 3.89 Å². The van der Waals surface area contributed by atoms with Crippen molar-refractivity contribution in [2.45, 2.75) is 25.2 Å². The number of aromatic amines is 1. The van der Waals surface area contributed by atoms with Gasteiger partial charge < -0.3 is 0 Å². The van der Waals surface area contributed by atoms with Crippen molar-refractivity contribution in [3.63, 3.8) is 0 Å². The van der Waals surface area contributed by atoms with Crippen molar-refractivity contribution in [1.82, 2.24) is 10.2 Å². The highest BCUT2D eigenvalue weighted by Crippen LogP contribution is 2.19. The highest BCUT2D eigenvalue weighted by Gasteiger charge is 2.22. The minimum absolute atomic E-state index is 0.245. The van der Waals surface area contributed by atoms with E-state index < -0.39 is 10.2 Å². The van der Waals surface area contributed by atoms with Crippen molar-refractivity contribution in [3.05, 3.63) is 11.4 Å². The average molecular weight is 192 g/mol. The smallest absolute Gasteiger partial charge is 0.281 e. The number of H-pyrrole nitrogens is 1. The third-order valence-electron chi connectivity index (χ3n) is 1.54. The largest absolute Gasteiger partial charge is 0.335 e. The van der Waals surface area contributed by atoms with Gasteiger partial charge in [0.1, 0.15) is 4.90 Å². The fourth-order valence-corrected chi connectivity index (χ4v) is 1.92. The Morgan fingerprint density at radius 1 is 1.58 bits per heavy atom. The van der Waals surface area contributed by atoms with Gasteiger partial charge in [-0.05, 0) is 13.3 Å². The topological polar surface area (TPSA) is 62.8 Å². The zero-order valence-electron chi connectivity index (χ0n) is 6.76. The quantitative estimate of drug-likeness (QED) is 0.709. The van der Waals surface area contributed by atoms with E-state index in [9.17, 15) is 12.3 Å². The highest BCUT2D eigenvalue weighted by molar-refractivity contribution is 7.86. The molecule has 0 amide bonds. The summed E-state index contributed by atoms with van der Waals surface area (Å²) in [4.78, 5) is -0.315. The maximum Gasteiger partial charge on any atom is 0.335 e. The van der Waals surface area contributed by atoms with Crippen molar-refractivity contribution >= 4 is 10.2 Å². The molecule has 68 valence electrons. The summed E-state index contributed by atoms with van der Waals surface area (Å²) in [6.07, 6.45) is 0.392. The third-order valence-corrected chi connectivity index (χ3v) is 2.57. The van der Waals surface area contributed by atoms with Gasteiger partial charge in [-0.25, -0.2) is 0 Å². The second kappa shape index (κ2) is 2.85. The molecule has 1 rings (SSSR count). The summed E-state index contributed by atoms with van der Waals surface area (Å²) in [6, 6.07) is 0. The number of rotatable bonds is 2. The van der Waals surface area contributed by atoms with Gasteiger partial charge >= 0.3 is 10.2 Å². The molecule has 0 unspecified atom stereocenters. The van der Waals surface area contributed by atoms with E-state index in [1.54, 1.807) is 6.92 Å². The van der Waals surface area contributed by atoms with Crippen LogP contribution in [-0.4, -0.2) is 18.6 Å². The molecule has 1 N–H and O–H groups in total. The fraction of sp³-hybridized carbons (Fsp3) is 0.500. The van der Waals surface area contributed by atoms with Crippen molar-refractivity contribution in [1.29, 1.82) is 0 Å². The van der Waals surface area contributed by atoms with Crippen LogP contribution in [0.15, 0.2) is 4.90 Å². The maximum atomic E-state index is 12.6. The van der Waals surface area contributed by atoms with E-state index in [4.69, 9.17) is 0 Å². The van der Waals surface area contributed by atoms with E-state index in [1.807, 2.05) is 0 Å². The molecule has 0 aromatic carbocycles. The molecule has 12 heavy (non-hydrogen) atoms. The summed E-state index contributed by atoms with van der Waals surface area (Å²) in [5, 5.41) is 6.08. The number of hydrogen-bond donors (Lipinski definition) is 1. The van der Waals surface area contributed by atoms with Crippen LogP contribution < -0.4 is 0 Å². The van der Waals surface area contributed by atoms with E-state index >= 15 is 0 Å². The maximum absolute atomic E-state index is 12.6. The Balaban J connectivity index is 3.39. The van der Waals surface area contributed by atoms with Crippen LogP contribution in [-0.2, 0) is 16.6 Å². The first kappa shape index (κ1) is 9.18. The monoisotopic (exact) mass is 192 g/mol. The number of aryl methyl sites for hydroxylation is 2. The first-order chi connectivity index (χ1) is 5.46. The van der Waals surface area contributed by atoms with Gasteiger partial charge in [-0.2, -0.15) is 13.5 Å². The predicted molar refractivity (Wildman–Crippen MR) is 41.0 cm³/mol. The lowest BCUT2D eigenvalue weighted by Crippen LogP contribution is -1.97. The van der Waals surface area contributed by atoms with E-state index in [0.29, 0.717) is 6.42 Å². The molecule has 0 aliphatic heterocycles. The molecule has 0 atom stereocenters. The Bertz CT molecular complexity index is 382. The molecule has 6 heteroatoms. The summed E-state index contributed by atoms with van der Waals surface area (Å²) in [5.41, 5.74) is 0.490. The fourth-order valence-electron chi connectivity index (χ4n) is 1.03. The summed E-state index contributed by atoms with van der Waals surface area (Å²) >= 11 is 0. The zero-order valence-corrected chi connectivity index (χ0v) is 7.57. The summed E-state index contributed by atoms with van der Waals surface area (Å²) in [7, 11) is -4.63. The van der Waals surface area contributed by atoms with Crippen molar-refractivity contribution < 1.29 is 12.3 Å². The molecule has 0 aliphatic carbocycles. The van der Waals surface area contributed by atoms with Gasteiger partial charge in [0.2, 0.25) is 0 Å². The van der Waals surface area contributed by atoms with Crippen LogP contribution in [0.25, 0.3) is 0 Å². The number of hydrogen-bond acceptors (Lipinski definition) is 3. The summed E-state index contributed by atoms with van der Waals surface area (Å²) in [5.74, 6) is 0. The molecule has 4 nitrogen and oxygen atoms in total. The average Bonchev–Trinajstić information content (AvgIpc) is 2.29. The number of aromatic nitrogens is 2. The van der Waals surface area contributed by atoms with Gasteiger partial charge in [0.25, 0.3) is 0 Å². The normalized spacial score (nSPS) is 11.9. The molecular formula is C6H9FN2O2S. The Hall–Kier alpha value is -0.910. The SMILES string of the molecule is CCc1n[nH]c(C)c1S(=O)(=O)F. The van der Waals surface area contributed by atoms with Crippen LogP contribution in [0.1, 0.15) is 18.3 Å². The number of nitrogens with one attached hydrogen (secondary N) is 1. The molecule has 1 aromatic rings. The van der Waals surface area contributed by atoms with Crippen LogP contribution in [0.5, 0.6) is 0 Å². The summed E-state index contributed by atoms with van der Waals surface area (Å²) < 4.78 is 33.7. The Morgan fingerprint density at radius 3 is 2.50 bits per heavy atom. The molecule has 0 aliphatic rings. The molecule has 0 radical (unpaired) electrons. The van der Waals surface area contributed by atoms with Gasteiger partial charge in [0.15, 0.2) is 0 Å². The van der Waals surface area contributed by atoms with E-state index in [0.717, 1.165) is 0 Å². The highest BCUT2D eigenvalue weighted by atomic mass is 32.3. The van der Waals surface area contributed by atoms with Crippen molar-refractivity contribution in [3.8, 4) is 0 Å². The van der Waals surface area contributed by atoms with Gasteiger partial charge in [0.05, 0.1) is 11.4 Å². The van der Waals surface area contributed by atoms with Gasteiger partial charge in [-0.1, -0.05) is 6.92 Å². The van der Waals surface area contributed by atoms with Crippen LogP contribution in [0.3, 0.4) is 0 Å². The molecule has 0 saturated heterocycles. The van der Waals surface area contributed by atoms with Gasteiger partial charge in [-0.15, -0.1) is 3.89 Å². The molecule has 0 bridgehead atoms. The van der Waals surface area contributed by atoms with Crippen molar-refractivity contribution in [2.24, 2.45) is 0 Å². The second-order valence-electron chi connectivity index (χ2n) is 2.42. The first-order valence-electron chi connectivity index (χ1n) is 3.45.